The van der Waals surface area contributed by atoms with Crippen LogP contribution in [-0.2, 0) is 10.0 Å². The monoisotopic (exact) mass is 383 g/mol. The summed E-state index contributed by atoms with van der Waals surface area (Å²) in [6, 6.07) is 6.72. The Morgan fingerprint density at radius 2 is 1.72 bits per heavy atom. The number of thiophene rings is 1. The first kappa shape index (κ1) is 19.8. The maximum atomic E-state index is 13.1. The average molecular weight is 384 g/mol. The molecule has 138 valence electrons. The van der Waals surface area contributed by atoms with Crippen molar-refractivity contribution in [2.24, 2.45) is 5.41 Å². The number of benzene rings is 1. The van der Waals surface area contributed by atoms with Gasteiger partial charge in [0.15, 0.2) is 11.5 Å². The van der Waals surface area contributed by atoms with Gasteiger partial charge in [0, 0.05) is 10.9 Å². The van der Waals surface area contributed by atoms with Crippen molar-refractivity contribution in [1.29, 1.82) is 0 Å². The molecule has 0 saturated carbocycles. The number of hydrogen-bond donors (Lipinski definition) is 1. The summed E-state index contributed by atoms with van der Waals surface area (Å²) < 4.78 is 39.5. The molecule has 0 fully saturated rings. The number of hydrogen-bond acceptors (Lipinski definition) is 5. The van der Waals surface area contributed by atoms with E-state index in [0.717, 1.165) is 4.88 Å². The molecule has 1 atom stereocenters. The Hall–Kier alpha value is -1.57. The fraction of sp³-hybridized carbons (Fsp3) is 0.444. The Labute approximate surface area is 154 Å². The first-order chi connectivity index (χ1) is 11.6. The normalized spacial score (nSPS) is 13.5. The zero-order valence-electron chi connectivity index (χ0n) is 15.4. The van der Waals surface area contributed by atoms with Gasteiger partial charge in [0.25, 0.3) is 0 Å². The number of ether oxygens (including phenoxy) is 2. The van der Waals surface area contributed by atoms with Crippen molar-refractivity contribution in [2.75, 3.05) is 14.2 Å². The Balaban J connectivity index is 2.48. The van der Waals surface area contributed by atoms with E-state index >= 15 is 0 Å². The van der Waals surface area contributed by atoms with Crippen molar-refractivity contribution in [3.63, 3.8) is 0 Å². The maximum absolute atomic E-state index is 13.1. The predicted molar refractivity (Wildman–Crippen MR) is 101 cm³/mol. The second kappa shape index (κ2) is 7.35. The molecule has 2 aromatic rings. The Morgan fingerprint density at radius 1 is 1.12 bits per heavy atom. The van der Waals surface area contributed by atoms with Crippen molar-refractivity contribution in [3.05, 3.63) is 40.1 Å². The number of nitrogens with one attached hydrogen (secondary N) is 1. The van der Waals surface area contributed by atoms with Crippen LogP contribution in [0.1, 0.15) is 37.3 Å². The lowest BCUT2D eigenvalue weighted by Crippen LogP contribution is -2.36. The molecule has 7 heteroatoms. The summed E-state index contributed by atoms with van der Waals surface area (Å²) in [5.74, 6) is 0.890. The van der Waals surface area contributed by atoms with Crippen LogP contribution in [0.3, 0.4) is 0 Å². The molecule has 1 unspecified atom stereocenters. The van der Waals surface area contributed by atoms with Crippen LogP contribution in [0.15, 0.2) is 34.5 Å². The minimum Gasteiger partial charge on any atom is -0.493 e. The van der Waals surface area contributed by atoms with Crippen molar-refractivity contribution < 1.29 is 17.9 Å². The molecule has 2 rings (SSSR count). The number of rotatable bonds is 6. The standard InChI is InChI=1S/C18H25NO4S2/c1-12-10-13(22-5)14(23-6)11-16(12)25(20,21)19-17(18(2,3)4)15-8-7-9-24-15/h7-11,17,19H,1-6H3. The molecule has 0 amide bonds. The van der Waals surface area contributed by atoms with E-state index in [1.807, 2.05) is 38.3 Å². The van der Waals surface area contributed by atoms with Gasteiger partial charge >= 0.3 is 0 Å². The van der Waals surface area contributed by atoms with Crippen LogP contribution in [0.5, 0.6) is 11.5 Å². The molecule has 0 aliphatic heterocycles. The topological polar surface area (TPSA) is 64.6 Å². The third kappa shape index (κ3) is 4.34. The summed E-state index contributed by atoms with van der Waals surface area (Å²) in [5, 5.41) is 1.95. The predicted octanol–water partition coefficient (Wildman–Crippen LogP) is 4.14. The molecule has 0 bridgehead atoms. The summed E-state index contributed by atoms with van der Waals surface area (Å²) in [6.45, 7) is 7.79. The molecule has 25 heavy (non-hydrogen) atoms. The Morgan fingerprint density at radius 3 is 2.20 bits per heavy atom. The van der Waals surface area contributed by atoms with Crippen LogP contribution in [-0.4, -0.2) is 22.6 Å². The minimum atomic E-state index is -3.74. The molecular formula is C18H25NO4S2. The fourth-order valence-corrected chi connectivity index (χ4v) is 5.34. The minimum absolute atomic E-state index is 0.191. The van der Waals surface area contributed by atoms with Gasteiger partial charge in [0.2, 0.25) is 10.0 Å². The SMILES string of the molecule is COc1cc(C)c(S(=O)(=O)NC(c2cccs2)C(C)(C)C)cc1OC. The van der Waals surface area contributed by atoms with Gasteiger partial charge < -0.3 is 9.47 Å². The maximum Gasteiger partial charge on any atom is 0.241 e. The van der Waals surface area contributed by atoms with Crippen LogP contribution in [0, 0.1) is 12.3 Å². The third-order valence-electron chi connectivity index (χ3n) is 3.94. The van der Waals surface area contributed by atoms with Crippen molar-refractivity contribution in [2.45, 2.75) is 38.6 Å². The fourth-order valence-electron chi connectivity index (χ4n) is 2.59. The van der Waals surface area contributed by atoms with Crippen LogP contribution in [0.4, 0.5) is 0 Å². The van der Waals surface area contributed by atoms with Crippen LogP contribution >= 0.6 is 11.3 Å². The van der Waals surface area contributed by atoms with Gasteiger partial charge in [-0.15, -0.1) is 11.3 Å². The van der Waals surface area contributed by atoms with E-state index in [4.69, 9.17) is 9.47 Å². The molecule has 0 aliphatic carbocycles. The lowest BCUT2D eigenvalue weighted by atomic mass is 9.86. The highest BCUT2D eigenvalue weighted by Gasteiger charge is 2.32. The lowest BCUT2D eigenvalue weighted by Gasteiger charge is -2.30. The largest absolute Gasteiger partial charge is 0.493 e. The number of aryl methyl sites for hydroxylation is 1. The zero-order valence-corrected chi connectivity index (χ0v) is 17.0. The van der Waals surface area contributed by atoms with Crippen molar-refractivity contribution >= 4 is 21.4 Å². The van der Waals surface area contributed by atoms with Crippen LogP contribution < -0.4 is 14.2 Å². The van der Waals surface area contributed by atoms with Crippen LogP contribution in [0.25, 0.3) is 0 Å². The molecular weight excluding hydrogens is 358 g/mol. The van der Waals surface area contributed by atoms with Crippen molar-refractivity contribution in [1.82, 2.24) is 4.72 Å². The van der Waals surface area contributed by atoms with E-state index in [1.54, 1.807) is 24.3 Å². The first-order valence-corrected chi connectivity index (χ1v) is 10.2. The molecule has 0 spiro atoms. The highest BCUT2D eigenvalue weighted by atomic mass is 32.2. The Kier molecular flexibility index (Phi) is 5.81. The molecule has 1 N–H and O–H groups in total. The molecule has 0 saturated heterocycles. The van der Waals surface area contributed by atoms with E-state index in [-0.39, 0.29) is 16.4 Å². The van der Waals surface area contributed by atoms with Gasteiger partial charge in [-0.2, -0.15) is 0 Å². The van der Waals surface area contributed by atoms with Gasteiger partial charge in [0.05, 0.1) is 25.2 Å². The average Bonchev–Trinajstić information content (AvgIpc) is 3.05. The van der Waals surface area contributed by atoms with Crippen LogP contribution in [0.2, 0.25) is 0 Å². The third-order valence-corrected chi connectivity index (χ3v) is 6.44. The van der Waals surface area contributed by atoms with Gasteiger partial charge in [-0.05, 0) is 35.4 Å². The zero-order chi connectivity index (χ0) is 18.8. The molecule has 1 heterocycles. The summed E-state index contributed by atoms with van der Waals surface area (Å²) >= 11 is 1.54. The molecule has 0 aliphatic rings. The van der Waals surface area contributed by atoms with Gasteiger partial charge in [-0.3, -0.25) is 0 Å². The van der Waals surface area contributed by atoms with Crippen molar-refractivity contribution in [3.8, 4) is 11.5 Å². The van der Waals surface area contributed by atoms with Gasteiger partial charge in [-0.25, -0.2) is 13.1 Å². The Bertz CT molecular complexity index is 822. The summed E-state index contributed by atoms with van der Waals surface area (Å²) in [6.07, 6.45) is 0. The second-order valence-corrected chi connectivity index (χ2v) is 9.57. The first-order valence-electron chi connectivity index (χ1n) is 7.88. The lowest BCUT2D eigenvalue weighted by molar-refractivity contribution is 0.308. The van der Waals surface area contributed by atoms with Gasteiger partial charge in [-0.1, -0.05) is 26.8 Å². The molecule has 1 aromatic heterocycles. The molecule has 5 nitrogen and oxygen atoms in total. The summed E-state index contributed by atoms with van der Waals surface area (Å²) in [4.78, 5) is 1.17. The molecule has 1 aromatic carbocycles. The van der Waals surface area contributed by atoms with E-state index in [9.17, 15) is 8.42 Å². The summed E-state index contributed by atoms with van der Waals surface area (Å²) in [5.41, 5.74) is 0.326. The summed E-state index contributed by atoms with van der Waals surface area (Å²) in [7, 11) is -0.725. The van der Waals surface area contributed by atoms with E-state index in [0.29, 0.717) is 17.1 Å². The quantitative estimate of drug-likeness (QED) is 0.814. The van der Waals surface area contributed by atoms with E-state index in [1.165, 1.54) is 20.3 Å². The second-order valence-electron chi connectivity index (χ2n) is 6.91. The highest BCUT2D eigenvalue weighted by Crippen LogP contribution is 2.38. The van der Waals surface area contributed by atoms with Gasteiger partial charge in [0.1, 0.15) is 0 Å². The highest BCUT2D eigenvalue weighted by molar-refractivity contribution is 7.89. The number of methoxy groups -OCH3 is 2. The van der Waals surface area contributed by atoms with E-state index < -0.39 is 10.0 Å². The smallest absolute Gasteiger partial charge is 0.241 e. The number of sulfonamides is 1. The molecule has 0 radical (unpaired) electrons. The van der Waals surface area contributed by atoms with E-state index in [2.05, 4.69) is 4.72 Å².